The Morgan fingerprint density at radius 3 is 2.79 bits per heavy atom. The first-order valence-electron chi connectivity index (χ1n) is 9.46. The molecule has 7 heteroatoms. The summed E-state index contributed by atoms with van der Waals surface area (Å²) in [6.45, 7) is 1.51. The number of amides is 1. The number of pyridine rings is 2. The van der Waals surface area contributed by atoms with Crippen LogP contribution in [0.15, 0.2) is 61.3 Å². The van der Waals surface area contributed by atoms with Gasteiger partial charge in [-0.3, -0.25) is 4.79 Å². The van der Waals surface area contributed by atoms with Crippen LogP contribution in [-0.2, 0) is 6.42 Å². The van der Waals surface area contributed by atoms with Gasteiger partial charge < -0.3 is 10.2 Å². The third-order valence-electron chi connectivity index (χ3n) is 4.84. The van der Waals surface area contributed by atoms with Gasteiger partial charge in [0.15, 0.2) is 0 Å². The molecule has 0 spiro atoms. The van der Waals surface area contributed by atoms with Gasteiger partial charge in [0.2, 0.25) is 0 Å². The van der Waals surface area contributed by atoms with Crippen molar-refractivity contribution in [1.29, 1.82) is 0 Å². The van der Waals surface area contributed by atoms with Crippen LogP contribution in [-0.4, -0.2) is 43.8 Å². The zero-order valence-electron chi connectivity index (χ0n) is 15.5. The van der Waals surface area contributed by atoms with Crippen molar-refractivity contribution in [2.75, 3.05) is 18.4 Å². The lowest BCUT2D eigenvalue weighted by Crippen LogP contribution is -2.40. The van der Waals surface area contributed by atoms with Crippen LogP contribution >= 0.6 is 0 Å². The Kier molecular flexibility index (Phi) is 5.51. The minimum absolute atomic E-state index is 0.00354. The number of carbonyl (C=O) groups excluding carboxylic acids is 1. The molecule has 1 aliphatic rings. The molecule has 0 saturated carbocycles. The molecule has 0 aliphatic carbocycles. The lowest BCUT2D eigenvalue weighted by Gasteiger charge is -2.32. The summed E-state index contributed by atoms with van der Waals surface area (Å²) >= 11 is 0. The number of rotatable bonds is 5. The molecular weight excluding hydrogens is 352 g/mol. The number of aromatic nitrogens is 4. The van der Waals surface area contributed by atoms with E-state index in [4.69, 9.17) is 4.98 Å². The predicted molar refractivity (Wildman–Crippen MR) is 106 cm³/mol. The van der Waals surface area contributed by atoms with Crippen LogP contribution in [0.1, 0.15) is 28.9 Å². The summed E-state index contributed by atoms with van der Waals surface area (Å²) in [4.78, 5) is 31.5. The Labute approximate surface area is 163 Å². The number of piperidine rings is 1. The normalized spacial score (nSPS) is 16.6. The van der Waals surface area contributed by atoms with E-state index in [0.717, 1.165) is 49.7 Å². The monoisotopic (exact) mass is 374 g/mol. The first-order chi connectivity index (χ1) is 13.8. The van der Waals surface area contributed by atoms with Gasteiger partial charge in [0.05, 0.1) is 5.56 Å². The third-order valence-corrected chi connectivity index (χ3v) is 4.84. The highest BCUT2D eigenvalue weighted by Gasteiger charge is 2.25. The molecule has 1 amide bonds. The van der Waals surface area contributed by atoms with Gasteiger partial charge in [-0.05, 0) is 49.4 Å². The van der Waals surface area contributed by atoms with Crippen molar-refractivity contribution in [3.8, 4) is 0 Å². The first kappa shape index (κ1) is 18.0. The Bertz CT molecular complexity index is 918. The van der Waals surface area contributed by atoms with Crippen LogP contribution in [0.5, 0.6) is 0 Å². The summed E-state index contributed by atoms with van der Waals surface area (Å²) in [5.41, 5.74) is 1.56. The summed E-state index contributed by atoms with van der Waals surface area (Å²) in [6, 6.07) is 11.7. The number of nitrogens with zero attached hydrogens (tertiary/aromatic N) is 5. The van der Waals surface area contributed by atoms with Crippen LogP contribution < -0.4 is 5.32 Å². The average Bonchev–Trinajstić information content (AvgIpc) is 2.75. The highest BCUT2D eigenvalue weighted by atomic mass is 16.2. The number of anilines is 2. The Balaban J connectivity index is 1.40. The van der Waals surface area contributed by atoms with Crippen LogP contribution in [0, 0.1) is 5.92 Å². The van der Waals surface area contributed by atoms with E-state index in [-0.39, 0.29) is 5.91 Å². The average molecular weight is 374 g/mol. The van der Waals surface area contributed by atoms with Gasteiger partial charge in [0, 0.05) is 37.4 Å². The van der Waals surface area contributed by atoms with E-state index in [2.05, 4.69) is 20.3 Å². The van der Waals surface area contributed by atoms with E-state index in [9.17, 15) is 4.79 Å². The summed E-state index contributed by atoms with van der Waals surface area (Å²) in [5, 5.41) is 3.23. The molecule has 3 aromatic heterocycles. The van der Waals surface area contributed by atoms with Gasteiger partial charge in [-0.15, -0.1) is 0 Å². The highest BCUT2D eigenvalue weighted by Crippen LogP contribution is 2.22. The molecule has 28 heavy (non-hydrogen) atoms. The molecule has 1 atom stereocenters. The topological polar surface area (TPSA) is 83.9 Å². The van der Waals surface area contributed by atoms with Gasteiger partial charge in [0.1, 0.15) is 18.0 Å². The number of likely N-dealkylation sites (tertiary alicyclic amines) is 1. The fraction of sp³-hybridized carbons (Fsp3) is 0.286. The van der Waals surface area contributed by atoms with Crippen molar-refractivity contribution >= 4 is 17.5 Å². The van der Waals surface area contributed by atoms with E-state index in [1.54, 1.807) is 18.6 Å². The molecule has 0 radical (unpaired) electrons. The summed E-state index contributed by atoms with van der Waals surface area (Å²) in [5.74, 6) is 1.94. The van der Waals surface area contributed by atoms with Crippen LogP contribution in [0.25, 0.3) is 0 Å². The molecule has 0 unspecified atom stereocenters. The number of hydrogen-bond donors (Lipinski definition) is 1. The standard InChI is InChI=1S/C21H22N6O/c28-21(17-12-22-15-23-13-17)27-10-4-5-16(14-27)11-18-6-3-8-20(25-18)26-19-7-1-2-9-24-19/h1-3,6-9,12-13,15-16H,4-5,10-11,14H2,(H,24,25,26)/t16-/m1/s1. The maximum atomic E-state index is 12.7. The molecule has 142 valence electrons. The Morgan fingerprint density at radius 1 is 1.11 bits per heavy atom. The largest absolute Gasteiger partial charge is 0.338 e. The van der Waals surface area contributed by atoms with Crippen LogP contribution in [0.3, 0.4) is 0 Å². The Hall–Kier alpha value is -3.35. The van der Waals surface area contributed by atoms with Crippen molar-refractivity contribution in [2.45, 2.75) is 19.3 Å². The smallest absolute Gasteiger partial charge is 0.256 e. The Morgan fingerprint density at radius 2 is 1.96 bits per heavy atom. The second kappa shape index (κ2) is 8.56. The molecule has 4 heterocycles. The molecule has 1 aliphatic heterocycles. The van der Waals surface area contributed by atoms with Gasteiger partial charge >= 0.3 is 0 Å². The molecule has 3 aromatic rings. The molecule has 7 nitrogen and oxygen atoms in total. The van der Waals surface area contributed by atoms with Crippen molar-refractivity contribution in [3.05, 3.63) is 72.6 Å². The van der Waals surface area contributed by atoms with Gasteiger partial charge in [-0.25, -0.2) is 19.9 Å². The lowest BCUT2D eigenvalue weighted by molar-refractivity contribution is 0.0672. The molecule has 0 bridgehead atoms. The number of carbonyl (C=O) groups is 1. The van der Waals surface area contributed by atoms with Crippen molar-refractivity contribution in [2.24, 2.45) is 5.92 Å². The van der Waals surface area contributed by atoms with Gasteiger partial charge in [-0.2, -0.15) is 0 Å². The van der Waals surface area contributed by atoms with E-state index < -0.39 is 0 Å². The van der Waals surface area contributed by atoms with Crippen molar-refractivity contribution in [1.82, 2.24) is 24.8 Å². The van der Waals surface area contributed by atoms with E-state index >= 15 is 0 Å². The van der Waals surface area contributed by atoms with E-state index in [0.29, 0.717) is 11.5 Å². The molecule has 0 aromatic carbocycles. The molecule has 1 fully saturated rings. The summed E-state index contributed by atoms with van der Waals surface area (Å²) in [7, 11) is 0. The minimum Gasteiger partial charge on any atom is -0.338 e. The van der Waals surface area contributed by atoms with Gasteiger partial charge in [0.25, 0.3) is 5.91 Å². The molecular formula is C21H22N6O. The zero-order chi connectivity index (χ0) is 19.2. The van der Waals surface area contributed by atoms with E-state index in [1.807, 2.05) is 41.3 Å². The molecule has 1 N–H and O–H groups in total. The molecule has 1 saturated heterocycles. The number of nitrogens with one attached hydrogen (secondary N) is 1. The second-order valence-electron chi connectivity index (χ2n) is 6.94. The summed E-state index contributed by atoms with van der Waals surface area (Å²) < 4.78 is 0. The number of hydrogen-bond acceptors (Lipinski definition) is 6. The molecule has 4 rings (SSSR count). The first-order valence-corrected chi connectivity index (χ1v) is 9.46. The minimum atomic E-state index is 0.00354. The quantitative estimate of drug-likeness (QED) is 0.739. The van der Waals surface area contributed by atoms with Gasteiger partial charge in [-0.1, -0.05) is 12.1 Å². The third kappa shape index (κ3) is 4.49. The fourth-order valence-corrected chi connectivity index (χ4v) is 3.53. The fourth-order valence-electron chi connectivity index (χ4n) is 3.53. The zero-order valence-corrected chi connectivity index (χ0v) is 15.5. The SMILES string of the molecule is O=C(c1cncnc1)N1CCC[C@H](Cc2cccc(Nc3ccccn3)n2)C1. The van der Waals surface area contributed by atoms with E-state index in [1.165, 1.54) is 6.33 Å². The lowest BCUT2D eigenvalue weighted by atomic mass is 9.93. The maximum absolute atomic E-state index is 12.7. The predicted octanol–water partition coefficient (Wildman–Crippen LogP) is 3.11. The van der Waals surface area contributed by atoms with Crippen LogP contribution in [0.4, 0.5) is 11.6 Å². The van der Waals surface area contributed by atoms with Crippen molar-refractivity contribution in [3.63, 3.8) is 0 Å². The van der Waals surface area contributed by atoms with Crippen LogP contribution in [0.2, 0.25) is 0 Å². The second-order valence-corrected chi connectivity index (χ2v) is 6.94. The van der Waals surface area contributed by atoms with Crippen molar-refractivity contribution < 1.29 is 4.79 Å². The maximum Gasteiger partial charge on any atom is 0.256 e. The highest BCUT2D eigenvalue weighted by molar-refractivity contribution is 5.93. The summed E-state index contributed by atoms with van der Waals surface area (Å²) in [6.07, 6.45) is 9.27.